The highest BCUT2D eigenvalue weighted by molar-refractivity contribution is 6.59. The van der Waals surface area contributed by atoms with Gasteiger partial charge in [-0.2, -0.15) is 0 Å². The second kappa shape index (κ2) is 5.22. The van der Waals surface area contributed by atoms with E-state index in [4.69, 9.17) is 4.74 Å². The molecule has 0 aromatic rings. The Hall–Kier alpha value is -0.573. The van der Waals surface area contributed by atoms with E-state index in [9.17, 15) is 4.79 Å². The number of carbonyl (C=O) groups excluding carboxylic acids is 1. The third-order valence-corrected chi connectivity index (χ3v) is 5.61. The minimum atomic E-state index is -0.708. The average molecular weight is 198 g/mol. The van der Waals surface area contributed by atoms with Crippen molar-refractivity contribution in [2.24, 2.45) is 0 Å². The van der Waals surface area contributed by atoms with E-state index in [-0.39, 0.29) is 5.97 Å². The number of hydrogen-bond donors (Lipinski definition) is 0. The lowest BCUT2D eigenvalue weighted by molar-refractivity contribution is -0.137. The van der Waals surface area contributed by atoms with E-state index in [1.807, 2.05) is 0 Å². The first-order chi connectivity index (χ1) is 6.20. The summed E-state index contributed by atoms with van der Waals surface area (Å²) in [5.41, 5.74) is 0.518. The van der Waals surface area contributed by atoms with Crippen molar-refractivity contribution in [1.29, 1.82) is 0 Å². The largest absolute Gasteiger partial charge is 0.466 e. The molecule has 0 saturated carbocycles. The molecular weight excluding hydrogens is 180 g/mol. The molecule has 1 aliphatic heterocycles. The van der Waals surface area contributed by atoms with Crippen molar-refractivity contribution < 1.29 is 9.53 Å². The van der Waals surface area contributed by atoms with Crippen LogP contribution < -0.4 is 0 Å². The molecule has 13 heavy (non-hydrogen) atoms. The van der Waals surface area contributed by atoms with E-state index in [1.54, 1.807) is 6.92 Å². The summed E-state index contributed by atoms with van der Waals surface area (Å²) in [5, 5.41) is 0. The first-order valence-corrected chi connectivity index (χ1v) is 7.47. The van der Waals surface area contributed by atoms with Crippen LogP contribution in [0, 0.1) is 0 Å². The molecule has 2 nitrogen and oxygen atoms in total. The molecule has 0 bridgehead atoms. The second-order valence-corrected chi connectivity index (χ2v) is 7.10. The summed E-state index contributed by atoms with van der Waals surface area (Å²) in [6, 6.07) is 2.70. The first-order valence-electron chi connectivity index (χ1n) is 5.03. The molecule has 0 aromatic carbocycles. The van der Waals surface area contributed by atoms with Gasteiger partial charge >= 0.3 is 5.97 Å². The zero-order valence-corrected chi connectivity index (χ0v) is 9.50. The van der Waals surface area contributed by atoms with E-state index in [1.165, 1.54) is 31.4 Å². The smallest absolute Gasteiger partial charge is 0.332 e. The van der Waals surface area contributed by atoms with Crippen LogP contribution in [0.15, 0.2) is 12.2 Å². The van der Waals surface area contributed by atoms with Crippen LogP contribution in [0.1, 0.15) is 26.2 Å². The summed E-state index contributed by atoms with van der Waals surface area (Å²) in [7, 11) is -0.708. The molecule has 3 heteroatoms. The normalized spacial score (nSPS) is 18.2. The van der Waals surface area contributed by atoms with Crippen LogP contribution in [-0.4, -0.2) is 21.0 Å². The van der Waals surface area contributed by atoms with Crippen LogP contribution in [0.5, 0.6) is 0 Å². The van der Waals surface area contributed by atoms with Crippen molar-refractivity contribution in [3.05, 3.63) is 12.2 Å². The molecule has 0 N–H and O–H groups in total. The van der Waals surface area contributed by atoms with Gasteiger partial charge in [0.15, 0.2) is 0 Å². The zero-order valence-electron chi connectivity index (χ0n) is 8.34. The van der Waals surface area contributed by atoms with Crippen molar-refractivity contribution in [3.8, 4) is 0 Å². The quantitative estimate of drug-likeness (QED) is 0.394. The van der Waals surface area contributed by atoms with Crippen LogP contribution in [0.2, 0.25) is 12.1 Å². The lowest BCUT2D eigenvalue weighted by Gasteiger charge is -2.19. The van der Waals surface area contributed by atoms with Gasteiger partial charge in [-0.1, -0.05) is 37.9 Å². The number of ether oxygens (including phenoxy) is 1. The Kier molecular flexibility index (Phi) is 4.22. The molecule has 0 spiro atoms. The van der Waals surface area contributed by atoms with E-state index in [0.717, 1.165) is 6.23 Å². The van der Waals surface area contributed by atoms with E-state index in [2.05, 4.69) is 6.58 Å². The minimum absolute atomic E-state index is 0.210. The molecule has 0 aliphatic carbocycles. The summed E-state index contributed by atoms with van der Waals surface area (Å²) in [6.45, 7) is 5.26. The van der Waals surface area contributed by atoms with Crippen LogP contribution in [0.3, 0.4) is 0 Å². The molecule has 1 rings (SSSR count). The van der Waals surface area contributed by atoms with E-state index >= 15 is 0 Å². The molecule has 0 radical (unpaired) electrons. The summed E-state index contributed by atoms with van der Waals surface area (Å²) < 4.78 is 5.17. The van der Waals surface area contributed by atoms with Gasteiger partial charge in [0.25, 0.3) is 0 Å². The topological polar surface area (TPSA) is 26.3 Å². The molecule has 1 heterocycles. The molecule has 74 valence electrons. The SMILES string of the molecule is C=C(C)C(=O)OC[SiH]1CCCCC1. The highest BCUT2D eigenvalue weighted by atomic mass is 28.3. The Bertz CT molecular complexity index is 195. The van der Waals surface area contributed by atoms with Gasteiger partial charge in [0.05, 0.1) is 15.0 Å². The van der Waals surface area contributed by atoms with E-state index in [0.29, 0.717) is 5.57 Å². The number of hydrogen-bond acceptors (Lipinski definition) is 2. The predicted octanol–water partition coefficient (Wildman–Crippen LogP) is 2.06. The van der Waals surface area contributed by atoms with Gasteiger partial charge < -0.3 is 4.74 Å². The third kappa shape index (κ3) is 3.76. The molecular formula is C10H18O2Si. The fraction of sp³-hybridized carbons (Fsp3) is 0.700. The summed E-state index contributed by atoms with van der Waals surface area (Å²) in [5.74, 6) is -0.210. The van der Waals surface area contributed by atoms with Gasteiger partial charge in [0, 0.05) is 5.57 Å². The minimum Gasteiger partial charge on any atom is -0.466 e. The van der Waals surface area contributed by atoms with Crippen LogP contribution in [0.25, 0.3) is 0 Å². The van der Waals surface area contributed by atoms with Crippen LogP contribution in [-0.2, 0) is 9.53 Å². The molecule has 0 unspecified atom stereocenters. The van der Waals surface area contributed by atoms with Crippen molar-refractivity contribution >= 4 is 14.8 Å². The lowest BCUT2D eigenvalue weighted by Crippen LogP contribution is -2.25. The fourth-order valence-electron chi connectivity index (χ4n) is 1.67. The maximum Gasteiger partial charge on any atom is 0.332 e. The van der Waals surface area contributed by atoms with E-state index < -0.39 is 8.80 Å². The highest BCUT2D eigenvalue weighted by Crippen LogP contribution is 2.18. The van der Waals surface area contributed by atoms with Gasteiger partial charge in [-0.15, -0.1) is 0 Å². The summed E-state index contributed by atoms with van der Waals surface area (Å²) >= 11 is 0. The molecule has 0 atom stereocenters. The monoisotopic (exact) mass is 198 g/mol. The van der Waals surface area contributed by atoms with Crippen molar-refractivity contribution in [2.45, 2.75) is 38.3 Å². The molecule has 0 amide bonds. The number of esters is 1. The average Bonchev–Trinajstić information content (AvgIpc) is 2.15. The van der Waals surface area contributed by atoms with Gasteiger partial charge in [-0.25, -0.2) is 4.79 Å². The predicted molar refractivity (Wildman–Crippen MR) is 56.4 cm³/mol. The van der Waals surface area contributed by atoms with Gasteiger partial charge in [-0.05, 0) is 6.92 Å². The maximum atomic E-state index is 11.1. The highest BCUT2D eigenvalue weighted by Gasteiger charge is 2.17. The molecule has 1 saturated heterocycles. The van der Waals surface area contributed by atoms with Crippen LogP contribution in [0.4, 0.5) is 0 Å². The third-order valence-electron chi connectivity index (χ3n) is 2.52. The van der Waals surface area contributed by atoms with Gasteiger partial charge in [0.2, 0.25) is 0 Å². The number of carbonyl (C=O) groups is 1. The maximum absolute atomic E-state index is 11.1. The second-order valence-electron chi connectivity index (χ2n) is 3.88. The Morgan fingerprint density at radius 3 is 2.54 bits per heavy atom. The van der Waals surface area contributed by atoms with Gasteiger partial charge in [-0.3, -0.25) is 0 Å². The summed E-state index contributed by atoms with van der Waals surface area (Å²) in [4.78, 5) is 11.1. The van der Waals surface area contributed by atoms with Gasteiger partial charge in [0.1, 0.15) is 0 Å². The molecule has 0 aromatic heterocycles. The van der Waals surface area contributed by atoms with Crippen molar-refractivity contribution in [1.82, 2.24) is 0 Å². The lowest BCUT2D eigenvalue weighted by atomic mass is 10.3. The first kappa shape index (κ1) is 10.5. The Morgan fingerprint density at radius 1 is 1.38 bits per heavy atom. The summed E-state index contributed by atoms with van der Waals surface area (Å²) in [6.07, 6.45) is 4.80. The number of rotatable bonds is 3. The standard InChI is InChI=1S/C10H18O2Si/c1-9(2)10(11)12-8-13-6-4-3-5-7-13/h13H,1,3-8H2,2H3. The van der Waals surface area contributed by atoms with Crippen molar-refractivity contribution in [2.75, 3.05) is 6.23 Å². The molecule has 1 aliphatic rings. The molecule has 1 fully saturated rings. The zero-order chi connectivity index (χ0) is 9.68. The Morgan fingerprint density at radius 2 is 2.00 bits per heavy atom. The Balaban J connectivity index is 2.17. The Labute approximate surface area is 81.6 Å². The van der Waals surface area contributed by atoms with Crippen molar-refractivity contribution in [3.63, 3.8) is 0 Å². The fourth-order valence-corrected chi connectivity index (χ4v) is 4.41. The van der Waals surface area contributed by atoms with Crippen LogP contribution >= 0.6 is 0 Å².